The Labute approximate surface area is 165 Å². The standard InChI is InChI=1S/C19H16ClN5OS/c1-12-6-5-7-14(10-12)25-13(2)22-23-19(25)27-11-17-21-18(26-24-17)15-8-3-4-9-16(15)20/h3-10H,11H2,1-2H3. The van der Waals surface area contributed by atoms with Crippen LogP contribution in [0.3, 0.4) is 0 Å². The van der Waals surface area contributed by atoms with Crippen molar-refractivity contribution in [3.63, 3.8) is 0 Å². The van der Waals surface area contributed by atoms with Gasteiger partial charge in [-0.05, 0) is 43.7 Å². The van der Waals surface area contributed by atoms with Crippen molar-refractivity contribution in [2.24, 2.45) is 0 Å². The fourth-order valence-corrected chi connectivity index (χ4v) is 3.74. The van der Waals surface area contributed by atoms with Crippen molar-refractivity contribution in [1.82, 2.24) is 24.9 Å². The minimum absolute atomic E-state index is 0.410. The minimum atomic E-state index is 0.410. The summed E-state index contributed by atoms with van der Waals surface area (Å²) >= 11 is 7.70. The molecule has 0 atom stereocenters. The van der Waals surface area contributed by atoms with Crippen molar-refractivity contribution >= 4 is 23.4 Å². The van der Waals surface area contributed by atoms with Crippen molar-refractivity contribution in [3.05, 3.63) is 70.8 Å². The van der Waals surface area contributed by atoms with E-state index in [1.54, 1.807) is 6.07 Å². The largest absolute Gasteiger partial charge is 0.334 e. The van der Waals surface area contributed by atoms with Crippen molar-refractivity contribution in [3.8, 4) is 17.1 Å². The van der Waals surface area contributed by atoms with Gasteiger partial charge in [0.1, 0.15) is 5.82 Å². The second kappa shape index (κ2) is 7.54. The first-order valence-electron chi connectivity index (χ1n) is 8.31. The number of benzene rings is 2. The Balaban J connectivity index is 1.55. The molecule has 2 aromatic heterocycles. The molecule has 0 fully saturated rings. The lowest BCUT2D eigenvalue weighted by molar-refractivity contribution is 0.425. The third-order valence-corrected chi connectivity index (χ3v) is 5.21. The first-order valence-corrected chi connectivity index (χ1v) is 9.67. The van der Waals surface area contributed by atoms with E-state index in [2.05, 4.69) is 39.4 Å². The van der Waals surface area contributed by atoms with Crippen LogP contribution in [0.15, 0.2) is 58.2 Å². The first kappa shape index (κ1) is 17.8. The van der Waals surface area contributed by atoms with Gasteiger partial charge in [-0.3, -0.25) is 4.57 Å². The van der Waals surface area contributed by atoms with Gasteiger partial charge in [-0.25, -0.2) is 0 Å². The van der Waals surface area contributed by atoms with E-state index in [4.69, 9.17) is 16.1 Å². The summed E-state index contributed by atoms with van der Waals surface area (Å²) in [6.07, 6.45) is 0. The third kappa shape index (κ3) is 3.74. The summed E-state index contributed by atoms with van der Waals surface area (Å²) in [4.78, 5) is 4.44. The van der Waals surface area contributed by atoms with E-state index in [9.17, 15) is 0 Å². The van der Waals surface area contributed by atoms with E-state index in [1.807, 2.05) is 41.8 Å². The minimum Gasteiger partial charge on any atom is -0.334 e. The number of hydrogen-bond donors (Lipinski definition) is 0. The van der Waals surface area contributed by atoms with E-state index in [0.29, 0.717) is 22.5 Å². The number of aromatic nitrogens is 5. The van der Waals surface area contributed by atoms with Gasteiger partial charge in [-0.2, -0.15) is 4.98 Å². The molecule has 2 heterocycles. The number of halogens is 1. The zero-order valence-corrected chi connectivity index (χ0v) is 16.3. The topological polar surface area (TPSA) is 69.6 Å². The molecule has 0 bridgehead atoms. The van der Waals surface area contributed by atoms with Gasteiger partial charge in [-0.1, -0.05) is 52.8 Å². The molecular formula is C19H16ClN5OS. The molecule has 0 radical (unpaired) electrons. The van der Waals surface area contributed by atoms with Crippen LogP contribution in [0.1, 0.15) is 17.2 Å². The van der Waals surface area contributed by atoms with Gasteiger partial charge >= 0.3 is 0 Å². The van der Waals surface area contributed by atoms with Crippen molar-refractivity contribution in [2.75, 3.05) is 0 Å². The molecule has 0 aliphatic heterocycles. The van der Waals surface area contributed by atoms with Gasteiger partial charge in [0, 0.05) is 5.69 Å². The van der Waals surface area contributed by atoms with Crippen LogP contribution in [0.25, 0.3) is 17.1 Å². The quantitative estimate of drug-likeness (QED) is 0.447. The lowest BCUT2D eigenvalue weighted by Crippen LogP contribution is -1.99. The fraction of sp³-hybridized carbons (Fsp3) is 0.158. The highest BCUT2D eigenvalue weighted by molar-refractivity contribution is 7.98. The molecule has 8 heteroatoms. The van der Waals surface area contributed by atoms with Crippen LogP contribution in [-0.2, 0) is 5.75 Å². The summed E-state index contributed by atoms with van der Waals surface area (Å²) in [5, 5.41) is 13.9. The Hall–Kier alpha value is -2.64. The van der Waals surface area contributed by atoms with Crippen LogP contribution in [-0.4, -0.2) is 24.9 Å². The van der Waals surface area contributed by atoms with E-state index < -0.39 is 0 Å². The first-order chi connectivity index (χ1) is 13.1. The molecule has 27 heavy (non-hydrogen) atoms. The summed E-state index contributed by atoms with van der Waals surface area (Å²) < 4.78 is 7.37. The zero-order chi connectivity index (χ0) is 18.8. The number of nitrogens with zero attached hydrogens (tertiary/aromatic N) is 5. The van der Waals surface area contributed by atoms with Crippen LogP contribution >= 0.6 is 23.4 Å². The van der Waals surface area contributed by atoms with Gasteiger partial charge in [0.15, 0.2) is 11.0 Å². The molecule has 0 N–H and O–H groups in total. The highest BCUT2D eigenvalue weighted by atomic mass is 35.5. The van der Waals surface area contributed by atoms with Crippen LogP contribution < -0.4 is 0 Å². The molecule has 0 amide bonds. The molecule has 2 aromatic carbocycles. The molecule has 0 saturated heterocycles. The molecule has 4 rings (SSSR count). The summed E-state index contributed by atoms with van der Waals surface area (Å²) in [5.41, 5.74) is 2.94. The fourth-order valence-electron chi connectivity index (χ4n) is 2.69. The van der Waals surface area contributed by atoms with Crippen molar-refractivity contribution in [2.45, 2.75) is 24.8 Å². The zero-order valence-electron chi connectivity index (χ0n) is 14.8. The highest BCUT2D eigenvalue weighted by Gasteiger charge is 2.15. The molecule has 0 saturated carbocycles. The molecule has 4 aromatic rings. The van der Waals surface area contributed by atoms with Crippen LogP contribution in [0.2, 0.25) is 5.02 Å². The molecule has 0 unspecified atom stereocenters. The van der Waals surface area contributed by atoms with Gasteiger partial charge in [0.2, 0.25) is 0 Å². The van der Waals surface area contributed by atoms with Gasteiger partial charge in [0.25, 0.3) is 5.89 Å². The summed E-state index contributed by atoms with van der Waals surface area (Å²) in [6, 6.07) is 15.6. The van der Waals surface area contributed by atoms with Crippen LogP contribution in [0, 0.1) is 13.8 Å². The smallest absolute Gasteiger partial charge is 0.259 e. The van der Waals surface area contributed by atoms with Crippen molar-refractivity contribution in [1.29, 1.82) is 0 Å². The van der Waals surface area contributed by atoms with Gasteiger partial charge in [-0.15, -0.1) is 10.2 Å². The Kier molecular flexibility index (Phi) is 4.96. The predicted octanol–water partition coefficient (Wildman–Crippen LogP) is 4.88. The summed E-state index contributed by atoms with van der Waals surface area (Å²) in [7, 11) is 0. The lowest BCUT2D eigenvalue weighted by atomic mass is 10.2. The van der Waals surface area contributed by atoms with E-state index in [0.717, 1.165) is 22.2 Å². The second-order valence-electron chi connectivity index (χ2n) is 5.99. The van der Waals surface area contributed by atoms with Gasteiger partial charge in [0.05, 0.1) is 16.3 Å². The maximum absolute atomic E-state index is 6.19. The van der Waals surface area contributed by atoms with E-state index in [1.165, 1.54) is 17.3 Å². The number of hydrogen-bond acceptors (Lipinski definition) is 6. The third-order valence-electron chi connectivity index (χ3n) is 3.96. The average Bonchev–Trinajstić information content (AvgIpc) is 3.27. The molecule has 0 aliphatic carbocycles. The molecule has 0 spiro atoms. The Morgan fingerprint density at radius 3 is 2.74 bits per heavy atom. The Morgan fingerprint density at radius 2 is 1.93 bits per heavy atom. The number of rotatable bonds is 5. The van der Waals surface area contributed by atoms with Crippen molar-refractivity contribution < 1.29 is 4.52 Å². The van der Waals surface area contributed by atoms with Gasteiger partial charge < -0.3 is 4.52 Å². The van der Waals surface area contributed by atoms with Crippen LogP contribution in [0.5, 0.6) is 0 Å². The second-order valence-corrected chi connectivity index (χ2v) is 7.34. The predicted molar refractivity (Wildman–Crippen MR) is 105 cm³/mol. The number of aryl methyl sites for hydroxylation is 2. The van der Waals surface area contributed by atoms with Crippen LogP contribution in [0.4, 0.5) is 0 Å². The monoisotopic (exact) mass is 397 g/mol. The molecule has 0 aliphatic rings. The average molecular weight is 398 g/mol. The maximum atomic E-state index is 6.19. The van der Waals surface area contributed by atoms with E-state index in [-0.39, 0.29) is 0 Å². The lowest BCUT2D eigenvalue weighted by Gasteiger charge is -2.08. The molecule has 136 valence electrons. The number of thioether (sulfide) groups is 1. The normalized spacial score (nSPS) is 11.1. The molecular weight excluding hydrogens is 382 g/mol. The highest BCUT2D eigenvalue weighted by Crippen LogP contribution is 2.28. The molecule has 6 nitrogen and oxygen atoms in total. The Morgan fingerprint density at radius 1 is 1.07 bits per heavy atom. The Bertz CT molecular complexity index is 1090. The summed E-state index contributed by atoms with van der Waals surface area (Å²) in [6.45, 7) is 3.99. The summed E-state index contributed by atoms with van der Waals surface area (Å²) in [5.74, 6) is 2.32. The van der Waals surface area contributed by atoms with E-state index >= 15 is 0 Å². The SMILES string of the molecule is Cc1cccc(-n2c(C)nnc2SCc2noc(-c3ccccc3Cl)n2)c1. The maximum Gasteiger partial charge on any atom is 0.259 e.